The SMILES string of the molecule is COc1cc(/C=C2\OC(C)C(=O)N3C2=NCC3(C)c2ccc(F)cc2)ccc1-n1cnc(C)c1. The molecule has 0 bridgehead atoms. The van der Waals surface area contributed by atoms with E-state index in [-0.39, 0.29) is 11.7 Å². The van der Waals surface area contributed by atoms with E-state index in [1.54, 1.807) is 37.4 Å². The number of halogens is 1. The minimum absolute atomic E-state index is 0.177. The Balaban J connectivity index is 1.52. The van der Waals surface area contributed by atoms with Gasteiger partial charge in [-0.05, 0) is 62.2 Å². The second-order valence-corrected chi connectivity index (χ2v) is 8.72. The van der Waals surface area contributed by atoms with Gasteiger partial charge in [-0.2, -0.15) is 0 Å². The fourth-order valence-electron chi connectivity index (χ4n) is 4.44. The molecule has 1 saturated heterocycles. The third kappa shape index (κ3) is 3.55. The van der Waals surface area contributed by atoms with Crippen molar-refractivity contribution in [1.29, 1.82) is 0 Å². The number of aryl methyl sites for hydroxylation is 1. The predicted molar refractivity (Wildman–Crippen MR) is 126 cm³/mol. The lowest BCUT2D eigenvalue weighted by molar-refractivity contribution is -0.142. The van der Waals surface area contributed by atoms with Crippen LogP contribution in [0, 0.1) is 12.7 Å². The summed E-state index contributed by atoms with van der Waals surface area (Å²) in [6, 6.07) is 12.0. The Labute approximate surface area is 197 Å². The summed E-state index contributed by atoms with van der Waals surface area (Å²) >= 11 is 0. The molecule has 174 valence electrons. The van der Waals surface area contributed by atoms with Crippen molar-refractivity contribution in [3.05, 3.63) is 83.4 Å². The number of aliphatic imine (C=N–C) groups is 1. The van der Waals surface area contributed by atoms with Gasteiger partial charge in [0.25, 0.3) is 5.91 Å². The van der Waals surface area contributed by atoms with E-state index in [4.69, 9.17) is 9.47 Å². The third-order valence-electron chi connectivity index (χ3n) is 6.29. The van der Waals surface area contributed by atoms with Crippen LogP contribution in [0.1, 0.15) is 30.7 Å². The molecule has 7 nitrogen and oxygen atoms in total. The number of imidazole rings is 1. The van der Waals surface area contributed by atoms with E-state index in [0.29, 0.717) is 23.9 Å². The van der Waals surface area contributed by atoms with Crippen molar-refractivity contribution >= 4 is 17.8 Å². The number of carbonyl (C=O) groups is 1. The number of amides is 1. The quantitative estimate of drug-likeness (QED) is 0.584. The Hall–Kier alpha value is -3.94. The Bertz CT molecular complexity index is 1330. The fourth-order valence-corrected chi connectivity index (χ4v) is 4.44. The molecule has 0 aliphatic carbocycles. The monoisotopic (exact) mass is 460 g/mol. The van der Waals surface area contributed by atoms with E-state index in [1.807, 2.05) is 48.9 Å². The Morgan fingerprint density at radius 3 is 2.68 bits per heavy atom. The molecule has 8 heteroatoms. The summed E-state index contributed by atoms with van der Waals surface area (Å²) in [6.07, 6.45) is 4.84. The molecule has 2 aliphatic rings. The Morgan fingerprint density at radius 2 is 2.00 bits per heavy atom. The average molecular weight is 461 g/mol. The number of ether oxygens (including phenoxy) is 2. The minimum Gasteiger partial charge on any atom is -0.495 e. The minimum atomic E-state index is -0.724. The van der Waals surface area contributed by atoms with Crippen LogP contribution >= 0.6 is 0 Å². The second kappa shape index (κ2) is 8.13. The van der Waals surface area contributed by atoms with Crippen molar-refractivity contribution in [3.63, 3.8) is 0 Å². The van der Waals surface area contributed by atoms with Crippen LogP contribution in [0.25, 0.3) is 11.8 Å². The first kappa shape index (κ1) is 21.9. The number of morpholine rings is 1. The average Bonchev–Trinajstić information content (AvgIpc) is 3.42. The Kier molecular flexibility index (Phi) is 5.23. The molecule has 2 aromatic carbocycles. The van der Waals surface area contributed by atoms with Crippen LogP contribution in [0.2, 0.25) is 0 Å². The van der Waals surface area contributed by atoms with Crippen molar-refractivity contribution in [1.82, 2.24) is 14.5 Å². The van der Waals surface area contributed by atoms with Crippen molar-refractivity contribution in [2.24, 2.45) is 4.99 Å². The lowest BCUT2D eigenvalue weighted by Crippen LogP contribution is -2.55. The van der Waals surface area contributed by atoms with Gasteiger partial charge in [0.1, 0.15) is 11.6 Å². The number of aromatic nitrogens is 2. The van der Waals surface area contributed by atoms with E-state index >= 15 is 0 Å². The van der Waals surface area contributed by atoms with Crippen LogP contribution in [0.4, 0.5) is 4.39 Å². The number of rotatable bonds is 4. The molecule has 2 aliphatic heterocycles. The summed E-state index contributed by atoms with van der Waals surface area (Å²) in [5, 5.41) is 0. The molecule has 0 spiro atoms. The van der Waals surface area contributed by atoms with Gasteiger partial charge in [-0.15, -0.1) is 0 Å². The maximum atomic E-state index is 13.5. The van der Waals surface area contributed by atoms with Gasteiger partial charge < -0.3 is 14.0 Å². The zero-order valence-electron chi connectivity index (χ0n) is 19.4. The van der Waals surface area contributed by atoms with Gasteiger partial charge in [0.15, 0.2) is 17.7 Å². The van der Waals surface area contributed by atoms with Crippen LogP contribution in [-0.4, -0.2) is 46.0 Å². The first-order valence-corrected chi connectivity index (χ1v) is 11.0. The van der Waals surface area contributed by atoms with E-state index in [9.17, 15) is 9.18 Å². The number of nitrogens with zero attached hydrogens (tertiary/aromatic N) is 4. The number of methoxy groups -OCH3 is 1. The molecular formula is C26H25FN4O3. The zero-order valence-corrected chi connectivity index (χ0v) is 19.4. The molecule has 5 rings (SSSR count). The largest absolute Gasteiger partial charge is 0.495 e. The smallest absolute Gasteiger partial charge is 0.269 e. The highest BCUT2D eigenvalue weighted by Gasteiger charge is 2.50. The Morgan fingerprint density at radius 1 is 1.24 bits per heavy atom. The highest BCUT2D eigenvalue weighted by Crippen LogP contribution is 2.39. The number of fused-ring (bicyclic) bond motifs is 1. The van der Waals surface area contributed by atoms with Gasteiger partial charge in [-0.25, -0.2) is 9.37 Å². The summed E-state index contributed by atoms with van der Waals surface area (Å²) in [6.45, 7) is 5.95. The van der Waals surface area contributed by atoms with Crippen molar-refractivity contribution in [3.8, 4) is 11.4 Å². The van der Waals surface area contributed by atoms with Gasteiger partial charge in [-0.3, -0.25) is 14.7 Å². The summed E-state index contributed by atoms with van der Waals surface area (Å²) in [7, 11) is 1.62. The van der Waals surface area contributed by atoms with Gasteiger partial charge in [0.2, 0.25) is 0 Å². The van der Waals surface area contributed by atoms with Crippen LogP contribution in [-0.2, 0) is 15.1 Å². The molecule has 1 aromatic heterocycles. The van der Waals surface area contributed by atoms with E-state index < -0.39 is 11.6 Å². The summed E-state index contributed by atoms with van der Waals surface area (Å²) in [5.41, 5.74) is 2.70. The molecule has 1 amide bonds. The van der Waals surface area contributed by atoms with Crippen molar-refractivity contribution in [2.45, 2.75) is 32.4 Å². The summed E-state index contributed by atoms with van der Waals surface area (Å²) in [4.78, 5) is 23.8. The lowest BCUT2D eigenvalue weighted by Gasteiger charge is -2.40. The number of benzene rings is 2. The maximum Gasteiger partial charge on any atom is 0.269 e. The highest BCUT2D eigenvalue weighted by molar-refractivity contribution is 6.13. The summed E-state index contributed by atoms with van der Waals surface area (Å²) in [5.74, 6) is 1.16. The summed E-state index contributed by atoms with van der Waals surface area (Å²) < 4.78 is 27.0. The van der Waals surface area contributed by atoms with Gasteiger partial charge >= 0.3 is 0 Å². The standard InChI is InChI=1S/C26H25FN4O3/c1-16-13-30(15-29-16)21-10-5-18(11-22(21)33-4)12-23-24-28-14-26(3,19-6-8-20(27)9-7-19)31(24)25(32)17(2)34-23/h5-13,15,17H,14H2,1-4H3/b23-12-. The predicted octanol–water partition coefficient (Wildman–Crippen LogP) is 4.24. The molecule has 0 N–H and O–H groups in total. The number of carbonyl (C=O) groups excluding carboxylic acids is 1. The first-order valence-electron chi connectivity index (χ1n) is 11.0. The van der Waals surface area contributed by atoms with E-state index in [1.165, 1.54) is 12.1 Å². The van der Waals surface area contributed by atoms with Crippen LogP contribution in [0.15, 0.2) is 65.7 Å². The van der Waals surface area contributed by atoms with Crippen LogP contribution in [0.3, 0.4) is 0 Å². The molecule has 34 heavy (non-hydrogen) atoms. The second-order valence-electron chi connectivity index (χ2n) is 8.72. The topological polar surface area (TPSA) is 69.0 Å². The van der Waals surface area contributed by atoms with E-state index in [2.05, 4.69) is 9.98 Å². The number of hydrogen-bond donors (Lipinski definition) is 0. The number of amidine groups is 1. The van der Waals surface area contributed by atoms with Gasteiger partial charge in [0, 0.05) is 6.20 Å². The molecule has 2 atom stereocenters. The molecular weight excluding hydrogens is 435 g/mol. The molecule has 2 unspecified atom stereocenters. The molecule has 3 aromatic rings. The van der Waals surface area contributed by atoms with Crippen molar-refractivity contribution in [2.75, 3.05) is 13.7 Å². The molecule has 1 fully saturated rings. The molecule has 0 radical (unpaired) electrons. The van der Waals surface area contributed by atoms with Crippen LogP contribution in [0.5, 0.6) is 5.75 Å². The number of hydrogen-bond acceptors (Lipinski definition) is 5. The lowest BCUT2D eigenvalue weighted by atomic mass is 9.90. The van der Waals surface area contributed by atoms with Crippen molar-refractivity contribution < 1.29 is 18.7 Å². The third-order valence-corrected chi connectivity index (χ3v) is 6.29. The van der Waals surface area contributed by atoms with E-state index in [0.717, 1.165) is 22.5 Å². The first-order chi connectivity index (χ1) is 16.3. The molecule has 3 heterocycles. The zero-order chi connectivity index (χ0) is 24.0. The highest BCUT2D eigenvalue weighted by atomic mass is 19.1. The molecule has 0 saturated carbocycles. The van der Waals surface area contributed by atoms with Crippen LogP contribution < -0.4 is 4.74 Å². The maximum absolute atomic E-state index is 13.5. The van der Waals surface area contributed by atoms with Gasteiger partial charge in [-0.1, -0.05) is 18.2 Å². The fraction of sp³-hybridized carbons (Fsp3) is 0.269. The van der Waals surface area contributed by atoms with Gasteiger partial charge in [0.05, 0.1) is 36.9 Å². The normalized spacial score (nSPS) is 23.0.